The molecule has 0 atom stereocenters. The van der Waals surface area contributed by atoms with Crippen molar-refractivity contribution in [2.45, 2.75) is 0 Å². The third-order valence-corrected chi connectivity index (χ3v) is 2.12. The molecule has 0 spiro atoms. The summed E-state index contributed by atoms with van der Waals surface area (Å²) in [5.41, 5.74) is -0.447. The standard InChI is InChI=1S/C6H5BBrNO4/c8-5-3-1-2-4(7(10)11)6(5)9(12)13/h1-3,10-11H. The van der Waals surface area contributed by atoms with Gasteiger partial charge in [0, 0.05) is 0 Å². The highest BCUT2D eigenvalue weighted by atomic mass is 79.9. The number of nitro groups is 1. The van der Waals surface area contributed by atoms with Crippen LogP contribution in [0.3, 0.4) is 0 Å². The van der Waals surface area contributed by atoms with Gasteiger partial charge in [0.25, 0.3) is 5.69 Å². The zero-order chi connectivity index (χ0) is 10.0. The van der Waals surface area contributed by atoms with E-state index in [0.29, 0.717) is 0 Å². The fourth-order valence-corrected chi connectivity index (χ4v) is 1.46. The van der Waals surface area contributed by atoms with Crippen molar-refractivity contribution in [3.63, 3.8) is 0 Å². The van der Waals surface area contributed by atoms with E-state index < -0.39 is 12.0 Å². The lowest BCUT2D eigenvalue weighted by molar-refractivity contribution is -0.384. The molecule has 1 aromatic rings. The van der Waals surface area contributed by atoms with Crippen molar-refractivity contribution in [2.75, 3.05) is 0 Å². The van der Waals surface area contributed by atoms with Crippen LogP contribution in [0.5, 0.6) is 0 Å². The summed E-state index contributed by atoms with van der Waals surface area (Å²) in [4.78, 5) is 9.83. The van der Waals surface area contributed by atoms with Crippen molar-refractivity contribution in [1.29, 1.82) is 0 Å². The SMILES string of the molecule is O=[N+]([O-])c1c(Br)cccc1B(O)O. The van der Waals surface area contributed by atoms with Crippen molar-refractivity contribution in [3.8, 4) is 0 Å². The molecule has 0 amide bonds. The van der Waals surface area contributed by atoms with Crippen LogP contribution in [0.25, 0.3) is 0 Å². The molecule has 0 aliphatic heterocycles. The van der Waals surface area contributed by atoms with Crippen molar-refractivity contribution in [2.24, 2.45) is 0 Å². The van der Waals surface area contributed by atoms with Crippen LogP contribution < -0.4 is 5.46 Å². The smallest absolute Gasteiger partial charge is 0.423 e. The number of hydrogen-bond acceptors (Lipinski definition) is 4. The predicted octanol–water partition coefficient (Wildman–Crippen LogP) is 0.0371. The topological polar surface area (TPSA) is 83.6 Å². The van der Waals surface area contributed by atoms with E-state index in [1.54, 1.807) is 0 Å². The van der Waals surface area contributed by atoms with Gasteiger partial charge in [0.15, 0.2) is 0 Å². The maximum absolute atomic E-state index is 10.5. The van der Waals surface area contributed by atoms with E-state index in [1.807, 2.05) is 0 Å². The van der Waals surface area contributed by atoms with Gasteiger partial charge in [0.2, 0.25) is 0 Å². The summed E-state index contributed by atoms with van der Waals surface area (Å²) >= 11 is 2.95. The highest BCUT2D eigenvalue weighted by Gasteiger charge is 2.25. The Morgan fingerprint density at radius 1 is 1.46 bits per heavy atom. The summed E-state index contributed by atoms with van der Waals surface area (Å²) in [6, 6.07) is 4.24. The molecule has 0 radical (unpaired) electrons. The average Bonchev–Trinajstić information content (AvgIpc) is 2.02. The first-order valence-corrected chi connectivity index (χ1v) is 4.12. The number of nitrogens with zero attached hydrogens (tertiary/aromatic N) is 1. The van der Waals surface area contributed by atoms with E-state index in [4.69, 9.17) is 10.0 Å². The molecule has 0 heterocycles. The fourth-order valence-electron chi connectivity index (χ4n) is 0.933. The minimum absolute atomic E-state index is 0.126. The van der Waals surface area contributed by atoms with Gasteiger partial charge in [-0.1, -0.05) is 12.1 Å². The Labute approximate surface area is 82.4 Å². The second-order valence-corrected chi connectivity index (χ2v) is 3.16. The molecule has 0 aliphatic carbocycles. The van der Waals surface area contributed by atoms with Crippen molar-refractivity contribution >= 4 is 34.2 Å². The monoisotopic (exact) mass is 245 g/mol. The van der Waals surface area contributed by atoms with Gasteiger partial charge in [0.1, 0.15) is 0 Å². The minimum Gasteiger partial charge on any atom is -0.423 e. The molecule has 5 nitrogen and oxygen atoms in total. The largest absolute Gasteiger partial charge is 0.495 e. The number of nitro benzene ring substituents is 1. The highest BCUT2D eigenvalue weighted by molar-refractivity contribution is 9.10. The molecule has 2 N–H and O–H groups in total. The van der Waals surface area contributed by atoms with E-state index in [-0.39, 0.29) is 15.6 Å². The molecule has 1 aromatic carbocycles. The number of para-hydroxylation sites is 1. The van der Waals surface area contributed by atoms with Gasteiger partial charge in [-0.3, -0.25) is 10.1 Å². The van der Waals surface area contributed by atoms with Crippen LogP contribution in [0.2, 0.25) is 0 Å². The number of halogens is 1. The molecular formula is C6H5BBrNO4. The Balaban J connectivity index is 3.34. The number of benzene rings is 1. The Morgan fingerprint density at radius 3 is 2.46 bits per heavy atom. The van der Waals surface area contributed by atoms with E-state index in [0.717, 1.165) is 0 Å². The lowest BCUT2D eigenvalue weighted by Crippen LogP contribution is -2.32. The first-order valence-electron chi connectivity index (χ1n) is 3.33. The van der Waals surface area contributed by atoms with E-state index in [9.17, 15) is 10.1 Å². The normalized spacial score (nSPS) is 9.77. The van der Waals surface area contributed by atoms with Gasteiger partial charge >= 0.3 is 7.12 Å². The second-order valence-electron chi connectivity index (χ2n) is 2.31. The van der Waals surface area contributed by atoms with Gasteiger partial charge in [-0.25, -0.2) is 0 Å². The van der Waals surface area contributed by atoms with Crippen LogP contribution in [0.15, 0.2) is 22.7 Å². The summed E-state index contributed by atoms with van der Waals surface area (Å²) < 4.78 is 0.225. The first kappa shape index (κ1) is 10.2. The van der Waals surface area contributed by atoms with Crippen molar-refractivity contribution < 1.29 is 15.0 Å². The average molecular weight is 246 g/mol. The molecule has 0 aliphatic rings. The Kier molecular flexibility index (Phi) is 3.02. The zero-order valence-corrected chi connectivity index (χ0v) is 7.93. The first-order chi connectivity index (χ1) is 6.04. The van der Waals surface area contributed by atoms with Crippen LogP contribution in [-0.2, 0) is 0 Å². The molecule has 0 unspecified atom stereocenters. The molecule has 0 aromatic heterocycles. The summed E-state index contributed by atoms with van der Waals surface area (Å²) in [6.45, 7) is 0. The van der Waals surface area contributed by atoms with E-state index in [1.165, 1.54) is 18.2 Å². The molecule has 1 rings (SSSR count). The van der Waals surface area contributed by atoms with Crippen LogP contribution in [0, 0.1) is 10.1 Å². The van der Waals surface area contributed by atoms with Gasteiger partial charge < -0.3 is 10.0 Å². The minimum atomic E-state index is -1.84. The van der Waals surface area contributed by atoms with Gasteiger partial charge in [0.05, 0.1) is 14.9 Å². The Hall–Kier alpha value is -0.915. The molecular weight excluding hydrogens is 241 g/mol. The lowest BCUT2D eigenvalue weighted by atomic mass is 9.79. The Bertz CT molecular complexity index is 343. The van der Waals surface area contributed by atoms with Gasteiger partial charge in [-0.2, -0.15) is 0 Å². The predicted molar refractivity (Wildman–Crippen MR) is 50.6 cm³/mol. The summed E-state index contributed by atoms with van der Waals surface area (Å²) in [7, 11) is -1.84. The molecule has 0 saturated carbocycles. The Morgan fingerprint density at radius 2 is 2.08 bits per heavy atom. The third kappa shape index (κ3) is 2.06. The van der Waals surface area contributed by atoms with E-state index >= 15 is 0 Å². The van der Waals surface area contributed by atoms with Gasteiger partial charge in [-0.15, -0.1) is 0 Å². The quantitative estimate of drug-likeness (QED) is 0.438. The fraction of sp³-hybridized carbons (Fsp3) is 0. The molecule has 13 heavy (non-hydrogen) atoms. The van der Waals surface area contributed by atoms with Crippen molar-refractivity contribution in [3.05, 3.63) is 32.8 Å². The summed E-state index contributed by atoms with van der Waals surface area (Å²) in [6.07, 6.45) is 0. The molecule has 0 saturated heterocycles. The molecule has 0 fully saturated rings. The van der Waals surface area contributed by atoms with Crippen LogP contribution in [-0.4, -0.2) is 22.1 Å². The van der Waals surface area contributed by atoms with Crippen LogP contribution in [0.4, 0.5) is 5.69 Å². The maximum Gasteiger partial charge on any atom is 0.495 e. The molecule has 0 bridgehead atoms. The van der Waals surface area contributed by atoms with E-state index in [2.05, 4.69) is 15.9 Å². The van der Waals surface area contributed by atoms with Gasteiger partial charge in [-0.05, 0) is 22.0 Å². The van der Waals surface area contributed by atoms with Crippen LogP contribution >= 0.6 is 15.9 Å². The number of hydrogen-bond donors (Lipinski definition) is 2. The maximum atomic E-state index is 10.5. The third-order valence-electron chi connectivity index (χ3n) is 1.48. The summed E-state index contributed by atoms with van der Waals surface area (Å²) in [5, 5.41) is 28.1. The summed E-state index contributed by atoms with van der Waals surface area (Å²) in [5.74, 6) is 0. The highest BCUT2D eigenvalue weighted by Crippen LogP contribution is 2.21. The van der Waals surface area contributed by atoms with Crippen LogP contribution in [0.1, 0.15) is 0 Å². The molecule has 68 valence electrons. The number of rotatable bonds is 2. The molecule has 7 heteroatoms. The lowest BCUT2D eigenvalue weighted by Gasteiger charge is -2.01. The van der Waals surface area contributed by atoms with Crippen molar-refractivity contribution in [1.82, 2.24) is 0 Å². The zero-order valence-electron chi connectivity index (χ0n) is 6.35. The second kappa shape index (κ2) is 3.86.